The molecule has 92 valence electrons. The number of hydrogen-bond acceptors (Lipinski definition) is 3. The van der Waals surface area contributed by atoms with Crippen molar-refractivity contribution < 1.29 is 0 Å². The first-order valence-electron chi connectivity index (χ1n) is 5.64. The van der Waals surface area contributed by atoms with Crippen LogP contribution in [0.4, 0.5) is 0 Å². The summed E-state index contributed by atoms with van der Waals surface area (Å²) in [5.41, 5.74) is 1.15. The van der Waals surface area contributed by atoms with Gasteiger partial charge < -0.3 is 10.6 Å². The minimum absolute atomic E-state index is 0.439. The average Bonchev–Trinajstić information content (AvgIpc) is 2.68. The molecule has 1 aliphatic rings. The maximum Gasteiger partial charge on any atom is 0.191 e. The standard InChI is InChI=1S/C12H15BrClN3/c1-8-7-16-12(17-8)15-5-4-9-2-3-10(13)6-11(9)14/h2-3,6,8H,4-5,7H2,1H3,(H2,15,16,17). The lowest BCUT2D eigenvalue weighted by molar-refractivity contribution is 0.712. The van der Waals surface area contributed by atoms with E-state index in [0.29, 0.717) is 6.04 Å². The lowest BCUT2D eigenvalue weighted by Crippen LogP contribution is -2.38. The summed E-state index contributed by atoms with van der Waals surface area (Å²) in [4.78, 5) is 4.34. The Balaban J connectivity index is 1.82. The highest BCUT2D eigenvalue weighted by atomic mass is 79.9. The number of benzene rings is 1. The number of guanidine groups is 1. The van der Waals surface area contributed by atoms with Crippen molar-refractivity contribution in [2.45, 2.75) is 19.4 Å². The summed E-state index contributed by atoms with van der Waals surface area (Å²) in [6.45, 7) is 3.80. The van der Waals surface area contributed by atoms with Gasteiger partial charge in [0.1, 0.15) is 0 Å². The Bertz CT molecular complexity index is 434. The minimum atomic E-state index is 0.439. The first kappa shape index (κ1) is 12.7. The van der Waals surface area contributed by atoms with Crippen LogP contribution < -0.4 is 10.6 Å². The van der Waals surface area contributed by atoms with Crippen LogP contribution in [0, 0.1) is 0 Å². The molecule has 2 N–H and O–H groups in total. The Morgan fingerprint density at radius 3 is 3.06 bits per heavy atom. The molecule has 0 fully saturated rings. The summed E-state index contributed by atoms with van der Waals surface area (Å²) < 4.78 is 1.01. The highest BCUT2D eigenvalue weighted by molar-refractivity contribution is 9.10. The van der Waals surface area contributed by atoms with Crippen molar-refractivity contribution in [2.24, 2.45) is 4.99 Å². The van der Waals surface area contributed by atoms with E-state index in [-0.39, 0.29) is 0 Å². The van der Waals surface area contributed by atoms with E-state index in [1.165, 1.54) is 0 Å². The first-order chi connectivity index (χ1) is 8.15. The Hall–Kier alpha value is -0.740. The van der Waals surface area contributed by atoms with Crippen LogP contribution in [0.1, 0.15) is 12.5 Å². The van der Waals surface area contributed by atoms with Gasteiger partial charge in [0.25, 0.3) is 0 Å². The average molecular weight is 317 g/mol. The highest BCUT2D eigenvalue weighted by Gasteiger charge is 2.11. The van der Waals surface area contributed by atoms with Gasteiger partial charge in [-0.3, -0.25) is 4.99 Å². The topological polar surface area (TPSA) is 36.4 Å². The van der Waals surface area contributed by atoms with E-state index in [1.54, 1.807) is 0 Å². The van der Waals surface area contributed by atoms with Crippen molar-refractivity contribution in [2.75, 3.05) is 13.1 Å². The van der Waals surface area contributed by atoms with Crippen LogP contribution in [0.5, 0.6) is 0 Å². The number of rotatable bonds is 3. The Morgan fingerprint density at radius 2 is 2.41 bits per heavy atom. The molecule has 0 saturated carbocycles. The van der Waals surface area contributed by atoms with E-state index in [0.717, 1.165) is 40.5 Å². The number of nitrogens with zero attached hydrogens (tertiary/aromatic N) is 1. The van der Waals surface area contributed by atoms with Gasteiger partial charge in [-0.2, -0.15) is 0 Å². The molecule has 1 heterocycles. The van der Waals surface area contributed by atoms with E-state index in [2.05, 4.69) is 38.5 Å². The zero-order valence-electron chi connectivity index (χ0n) is 9.63. The normalized spacial score (nSPS) is 18.8. The highest BCUT2D eigenvalue weighted by Crippen LogP contribution is 2.21. The number of nitrogens with one attached hydrogen (secondary N) is 2. The second-order valence-electron chi connectivity index (χ2n) is 4.15. The van der Waals surface area contributed by atoms with Gasteiger partial charge in [-0.25, -0.2) is 0 Å². The molecule has 0 spiro atoms. The van der Waals surface area contributed by atoms with Gasteiger partial charge in [0.15, 0.2) is 5.96 Å². The van der Waals surface area contributed by atoms with E-state index >= 15 is 0 Å². The third-order valence-corrected chi connectivity index (χ3v) is 3.45. The fourth-order valence-corrected chi connectivity index (χ4v) is 2.47. The van der Waals surface area contributed by atoms with E-state index in [1.807, 2.05) is 18.2 Å². The maximum atomic E-state index is 6.14. The second kappa shape index (κ2) is 5.74. The molecule has 1 atom stereocenters. The van der Waals surface area contributed by atoms with E-state index < -0.39 is 0 Å². The third-order valence-electron chi connectivity index (χ3n) is 2.61. The Morgan fingerprint density at radius 1 is 1.59 bits per heavy atom. The molecular formula is C12H15BrClN3. The molecule has 1 aromatic carbocycles. The quantitative estimate of drug-likeness (QED) is 0.899. The van der Waals surface area contributed by atoms with Crippen molar-refractivity contribution in [3.05, 3.63) is 33.3 Å². The molecule has 1 unspecified atom stereocenters. The Kier molecular flexibility index (Phi) is 4.29. The molecular weight excluding hydrogens is 302 g/mol. The summed E-state index contributed by atoms with van der Waals surface area (Å²) >= 11 is 9.54. The molecule has 0 saturated heterocycles. The van der Waals surface area contributed by atoms with Crippen molar-refractivity contribution >= 4 is 33.5 Å². The van der Waals surface area contributed by atoms with Gasteiger partial charge in [0.05, 0.1) is 6.54 Å². The summed E-state index contributed by atoms with van der Waals surface area (Å²) in [5.74, 6) is 0.894. The number of hydrogen-bond donors (Lipinski definition) is 2. The van der Waals surface area contributed by atoms with E-state index in [4.69, 9.17) is 11.6 Å². The zero-order chi connectivity index (χ0) is 12.3. The molecule has 0 radical (unpaired) electrons. The third kappa shape index (κ3) is 3.61. The van der Waals surface area contributed by atoms with Crippen LogP contribution in [-0.4, -0.2) is 25.1 Å². The summed E-state index contributed by atoms with van der Waals surface area (Å²) in [5, 5.41) is 7.33. The van der Waals surface area contributed by atoms with Gasteiger partial charge >= 0.3 is 0 Å². The fraction of sp³-hybridized carbons (Fsp3) is 0.417. The predicted molar refractivity (Wildman–Crippen MR) is 75.8 cm³/mol. The fourth-order valence-electron chi connectivity index (χ4n) is 1.70. The van der Waals surface area contributed by atoms with Crippen LogP contribution in [0.3, 0.4) is 0 Å². The molecule has 0 bridgehead atoms. The maximum absolute atomic E-state index is 6.14. The van der Waals surface area contributed by atoms with Gasteiger partial charge in [0.2, 0.25) is 0 Å². The smallest absolute Gasteiger partial charge is 0.191 e. The van der Waals surface area contributed by atoms with Gasteiger partial charge in [-0.1, -0.05) is 33.6 Å². The summed E-state index contributed by atoms with van der Waals surface area (Å²) in [6.07, 6.45) is 0.890. The molecule has 2 rings (SSSR count). The lowest BCUT2D eigenvalue weighted by Gasteiger charge is -2.09. The molecule has 0 aliphatic carbocycles. The molecule has 1 aromatic rings. The van der Waals surface area contributed by atoms with Crippen LogP contribution in [0.2, 0.25) is 5.02 Å². The zero-order valence-corrected chi connectivity index (χ0v) is 12.0. The van der Waals surface area contributed by atoms with Crippen LogP contribution in [0.15, 0.2) is 27.7 Å². The Labute approximate surface area is 115 Å². The molecule has 0 aromatic heterocycles. The minimum Gasteiger partial charge on any atom is -0.356 e. The first-order valence-corrected chi connectivity index (χ1v) is 6.81. The predicted octanol–water partition coefficient (Wildman–Crippen LogP) is 2.58. The van der Waals surface area contributed by atoms with Crippen molar-refractivity contribution in [1.29, 1.82) is 0 Å². The number of halogens is 2. The SMILES string of the molecule is CC1CN=C(NCCc2ccc(Br)cc2Cl)N1. The molecule has 1 aliphatic heterocycles. The summed E-state index contributed by atoms with van der Waals surface area (Å²) in [7, 11) is 0. The largest absolute Gasteiger partial charge is 0.356 e. The summed E-state index contributed by atoms with van der Waals surface area (Å²) in [6, 6.07) is 6.41. The van der Waals surface area contributed by atoms with Crippen molar-refractivity contribution in [3.8, 4) is 0 Å². The van der Waals surface area contributed by atoms with Gasteiger partial charge in [-0.15, -0.1) is 0 Å². The van der Waals surface area contributed by atoms with Crippen LogP contribution >= 0.6 is 27.5 Å². The second-order valence-corrected chi connectivity index (χ2v) is 5.47. The number of aliphatic imine (C=N–C) groups is 1. The molecule has 0 amide bonds. The molecule has 17 heavy (non-hydrogen) atoms. The monoisotopic (exact) mass is 315 g/mol. The van der Waals surface area contributed by atoms with Gasteiger partial charge in [0, 0.05) is 22.1 Å². The lowest BCUT2D eigenvalue weighted by atomic mass is 10.1. The van der Waals surface area contributed by atoms with Crippen LogP contribution in [0.25, 0.3) is 0 Å². The molecule has 3 nitrogen and oxygen atoms in total. The van der Waals surface area contributed by atoms with Crippen molar-refractivity contribution in [3.63, 3.8) is 0 Å². The molecule has 5 heteroatoms. The van der Waals surface area contributed by atoms with Crippen LogP contribution in [-0.2, 0) is 6.42 Å². The van der Waals surface area contributed by atoms with Crippen molar-refractivity contribution in [1.82, 2.24) is 10.6 Å². The van der Waals surface area contributed by atoms with Gasteiger partial charge in [-0.05, 0) is 31.0 Å². The van der Waals surface area contributed by atoms with E-state index in [9.17, 15) is 0 Å².